The van der Waals surface area contributed by atoms with Gasteiger partial charge in [0.2, 0.25) is 0 Å². The van der Waals surface area contributed by atoms with E-state index in [2.05, 4.69) is 4.90 Å². The number of benzene rings is 1. The van der Waals surface area contributed by atoms with Crippen molar-refractivity contribution in [3.63, 3.8) is 0 Å². The van der Waals surface area contributed by atoms with Gasteiger partial charge in [0.1, 0.15) is 0 Å². The Bertz CT molecular complexity index is 585. The van der Waals surface area contributed by atoms with E-state index in [1.807, 2.05) is 25.2 Å². The lowest BCUT2D eigenvalue weighted by Gasteiger charge is -2.15. The first kappa shape index (κ1) is 12.9. The minimum Gasteiger partial charge on any atom is -0.408 e. The van der Waals surface area contributed by atoms with E-state index in [-0.39, 0.29) is 12.4 Å². The molecule has 0 aliphatic carbocycles. The molecule has 2 aromatic rings. The van der Waals surface area contributed by atoms with Crippen molar-refractivity contribution in [1.82, 2.24) is 9.47 Å². The zero-order valence-corrected chi connectivity index (χ0v) is 10.7. The van der Waals surface area contributed by atoms with E-state index >= 15 is 0 Å². The van der Waals surface area contributed by atoms with Crippen LogP contribution >= 0.6 is 0 Å². The van der Waals surface area contributed by atoms with Crippen molar-refractivity contribution in [2.45, 2.75) is 13.0 Å². The molecule has 0 amide bonds. The molecule has 0 bridgehead atoms. The van der Waals surface area contributed by atoms with Crippen molar-refractivity contribution in [1.29, 1.82) is 0 Å². The van der Waals surface area contributed by atoms with Crippen LogP contribution in [0.4, 0.5) is 0 Å². The van der Waals surface area contributed by atoms with Crippen LogP contribution < -0.4 is 5.76 Å². The molecule has 98 valence electrons. The molecule has 5 nitrogen and oxygen atoms in total. The molecule has 0 spiro atoms. The first-order valence-electron chi connectivity index (χ1n) is 5.99. The highest BCUT2D eigenvalue weighted by atomic mass is 16.4. The topological polar surface area (TPSA) is 58.6 Å². The summed E-state index contributed by atoms with van der Waals surface area (Å²) in [6, 6.07) is 5.75. The summed E-state index contributed by atoms with van der Waals surface area (Å²) in [7, 11) is 3.71. The highest BCUT2D eigenvalue weighted by Crippen LogP contribution is 2.15. The number of hydrogen-bond acceptors (Lipinski definition) is 4. The second kappa shape index (κ2) is 5.37. The molecular weight excluding hydrogens is 232 g/mol. The first-order chi connectivity index (χ1) is 8.61. The van der Waals surface area contributed by atoms with Crippen LogP contribution in [0.15, 0.2) is 27.4 Å². The summed E-state index contributed by atoms with van der Waals surface area (Å²) >= 11 is 0. The number of oxazole rings is 1. The Morgan fingerprint density at radius 2 is 2.22 bits per heavy atom. The van der Waals surface area contributed by atoms with E-state index in [0.717, 1.165) is 30.6 Å². The minimum absolute atomic E-state index is 0.208. The number of fused-ring (bicyclic) bond motifs is 1. The Hall–Kier alpha value is -1.59. The first-order valence-corrected chi connectivity index (χ1v) is 5.99. The van der Waals surface area contributed by atoms with Gasteiger partial charge in [-0.1, -0.05) is 6.07 Å². The van der Waals surface area contributed by atoms with Gasteiger partial charge in [-0.2, -0.15) is 0 Å². The summed E-state index contributed by atoms with van der Waals surface area (Å²) in [5, 5.41) is 8.78. The minimum atomic E-state index is -0.337. The predicted octanol–water partition coefficient (Wildman–Crippen LogP) is 0.946. The monoisotopic (exact) mass is 250 g/mol. The van der Waals surface area contributed by atoms with E-state index in [4.69, 9.17) is 9.52 Å². The Labute approximate surface area is 105 Å². The van der Waals surface area contributed by atoms with Crippen LogP contribution in [0.2, 0.25) is 0 Å². The van der Waals surface area contributed by atoms with Crippen molar-refractivity contribution in [2.24, 2.45) is 7.05 Å². The quantitative estimate of drug-likeness (QED) is 0.858. The number of nitrogens with zero attached hydrogens (tertiary/aromatic N) is 2. The zero-order chi connectivity index (χ0) is 13.1. The van der Waals surface area contributed by atoms with E-state index < -0.39 is 0 Å². The highest BCUT2D eigenvalue weighted by Gasteiger charge is 2.07. The van der Waals surface area contributed by atoms with Gasteiger partial charge in [0.25, 0.3) is 0 Å². The van der Waals surface area contributed by atoms with E-state index in [1.165, 1.54) is 4.57 Å². The SMILES string of the molecule is CN(CCCO)Cc1ccc2oc(=O)n(C)c2c1. The van der Waals surface area contributed by atoms with Gasteiger partial charge < -0.3 is 14.4 Å². The fourth-order valence-corrected chi connectivity index (χ4v) is 2.00. The maximum atomic E-state index is 11.4. The van der Waals surface area contributed by atoms with E-state index in [0.29, 0.717) is 5.58 Å². The van der Waals surface area contributed by atoms with Crippen molar-refractivity contribution < 1.29 is 9.52 Å². The lowest BCUT2D eigenvalue weighted by molar-refractivity contribution is 0.244. The third kappa shape index (κ3) is 2.63. The molecule has 0 fully saturated rings. The standard InChI is InChI=1S/C13H18N2O3/c1-14(6-3-7-16)9-10-4-5-12-11(8-10)15(2)13(17)18-12/h4-5,8,16H,3,6-7,9H2,1-2H3. The Kier molecular flexibility index (Phi) is 3.84. The molecule has 1 heterocycles. The average molecular weight is 250 g/mol. The van der Waals surface area contributed by atoms with Crippen LogP contribution in [0.3, 0.4) is 0 Å². The Morgan fingerprint density at radius 1 is 1.44 bits per heavy atom. The van der Waals surface area contributed by atoms with Crippen molar-refractivity contribution in [2.75, 3.05) is 20.2 Å². The molecule has 5 heteroatoms. The lowest BCUT2D eigenvalue weighted by Crippen LogP contribution is -2.19. The maximum Gasteiger partial charge on any atom is 0.419 e. The van der Waals surface area contributed by atoms with Gasteiger partial charge in [-0.05, 0) is 31.2 Å². The molecule has 18 heavy (non-hydrogen) atoms. The molecule has 0 atom stereocenters. The molecule has 0 aliphatic heterocycles. The Morgan fingerprint density at radius 3 is 2.94 bits per heavy atom. The molecule has 1 aromatic heterocycles. The lowest BCUT2D eigenvalue weighted by atomic mass is 10.2. The number of rotatable bonds is 5. The second-order valence-corrected chi connectivity index (χ2v) is 4.54. The van der Waals surface area contributed by atoms with Crippen LogP contribution in [-0.2, 0) is 13.6 Å². The van der Waals surface area contributed by atoms with Crippen LogP contribution in [0.25, 0.3) is 11.1 Å². The van der Waals surface area contributed by atoms with Gasteiger partial charge in [0.05, 0.1) is 5.52 Å². The summed E-state index contributed by atoms with van der Waals surface area (Å²) in [5.74, 6) is -0.337. The van der Waals surface area contributed by atoms with E-state index in [1.54, 1.807) is 7.05 Å². The normalized spacial score (nSPS) is 11.6. The van der Waals surface area contributed by atoms with Gasteiger partial charge in [-0.15, -0.1) is 0 Å². The van der Waals surface area contributed by atoms with Crippen molar-refractivity contribution in [3.8, 4) is 0 Å². The molecular formula is C13H18N2O3. The van der Waals surface area contributed by atoms with Crippen LogP contribution in [0.5, 0.6) is 0 Å². The number of aliphatic hydroxyl groups is 1. The number of aliphatic hydroxyl groups excluding tert-OH is 1. The summed E-state index contributed by atoms with van der Waals surface area (Å²) in [6.45, 7) is 1.84. The Balaban J connectivity index is 2.19. The van der Waals surface area contributed by atoms with Gasteiger partial charge >= 0.3 is 5.76 Å². The zero-order valence-electron chi connectivity index (χ0n) is 10.7. The predicted molar refractivity (Wildman–Crippen MR) is 69.5 cm³/mol. The molecule has 2 rings (SSSR count). The third-order valence-corrected chi connectivity index (χ3v) is 3.01. The summed E-state index contributed by atoms with van der Waals surface area (Å²) < 4.78 is 6.59. The fourth-order valence-electron chi connectivity index (χ4n) is 2.00. The third-order valence-electron chi connectivity index (χ3n) is 3.01. The van der Waals surface area contributed by atoms with Gasteiger partial charge in [-0.3, -0.25) is 4.57 Å². The van der Waals surface area contributed by atoms with Crippen LogP contribution in [-0.4, -0.2) is 34.8 Å². The van der Waals surface area contributed by atoms with E-state index in [9.17, 15) is 4.79 Å². The summed E-state index contributed by atoms with van der Waals surface area (Å²) in [4.78, 5) is 13.5. The van der Waals surface area contributed by atoms with Crippen molar-refractivity contribution >= 4 is 11.1 Å². The second-order valence-electron chi connectivity index (χ2n) is 4.54. The average Bonchev–Trinajstić information content (AvgIpc) is 2.63. The number of aromatic nitrogens is 1. The van der Waals surface area contributed by atoms with Crippen LogP contribution in [0.1, 0.15) is 12.0 Å². The number of aryl methyl sites for hydroxylation is 1. The molecule has 1 N–H and O–H groups in total. The highest BCUT2D eigenvalue weighted by molar-refractivity contribution is 5.73. The van der Waals surface area contributed by atoms with Gasteiger partial charge in [-0.25, -0.2) is 4.79 Å². The van der Waals surface area contributed by atoms with Crippen LogP contribution in [0, 0.1) is 0 Å². The molecule has 1 aromatic carbocycles. The maximum absolute atomic E-state index is 11.4. The molecule has 0 saturated carbocycles. The van der Waals surface area contributed by atoms with Crippen molar-refractivity contribution in [3.05, 3.63) is 34.3 Å². The summed E-state index contributed by atoms with van der Waals surface area (Å²) in [5.41, 5.74) is 2.55. The molecule has 0 aliphatic rings. The molecule has 0 unspecified atom stereocenters. The fraction of sp³-hybridized carbons (Fsp3) is 0.462. The molecule has 0 radical (unpaired) electrons. The summed E-state index contributed by atoms with van der Waals surface area (Å²) in [6.07, 6.45) is 0.767. The smallest absolute Gasteiger partial charge is 0.408 e. The van der Waals surface area contributed by atoms with Gasteiger partial charge in [0, 0.05) is 26.7 Å². The van der Waals surface area contributed by atoms with Gasteiger partial charge in [0.15, 0.2) is 5.58 Å². The number of hydrogen-bond donors (Lipinski definition) is 1. The largest absolute Gasteiger partial charge is 0.419 e. The molecule has 0 saturated heterocycles.